The smallest absolute Gasteiger partial charge is 0.0809 e. The average molecular weight is 730 g/mol. The van der Waals surface area contributed by atoms with Gasteiger partial charge in [-0.1, -0.05) is 102 Å². The number of hydrogen-bond donors (Lipinski definition) is 0. The van der Waals surface area contributed by atoms with Gasteiger partial charge in [-0.05, 0) is 23.5 Å². The SMILES string of the molecule is CCCCCCc1cc2c(-c3ccc(C(C)C)cc3)cccc2[cH-]1.C[Si]C.[Cl][Zr][Cl].[c-]1ccccc1.c1ccc2[cH-]ccc2c1. The number of hydrogen-bond acceptors (Lipinski definition) is 0. The van der Waals surface area contributed by atoms with Crippen LogP contribution in [0.25, 0.3) is 32.7 Å². The van der Waals surface area contributed by atoms with Gasteiger partial charge in [0.05, 0.1) is 0 Å². The monoisotopic (exact) mass is 727 g/mol. The first-order chi connectivity index (χ1) is 22.0. The fourth-order valence-corrected chi connectivity index (χ4v) is 4.91. The second-order valence-electron chi connectivity index (χ2n) is 11.1. The van der Waals surface area contributed by atoms with Gasteiger partial charge in [-0.2, -0.15) is 60.0 Å². The summed E-state index contributed by atoms with van der Waals surface area (Å²) < 4.78 is 0. The summed E-state index contributed by atoms with van der Waals surface area (Å²) >= 11 is -0.826. The van der Waals surface area contributed by atoms with E-state index in [-0.39, 0.29) is 0 Å². The summed E-state index contributed by atoms with van der Waals surface area (Å²) in [5.41, 5.74) is 5.59. The number of benzene rings is 4. The van der Waals surface area contributed by atoms with Crippen molar-refractivity contribution >= 4 is 48.1 Å². The van der Waals surface area contributed by atoms with Gasteiger partial charge in [-0.25, -0.2) is 0 Å². The Labute approximate surface area is 294 Å². The number of aryl methyl sites for hydroxylation is 1. The van der Waals surface area contributed by atoms with Gasteiger partial charge in [0, 0.05) is 9.52 Å². The maximum absolute atomic E-state index is 4.93. The van der Waals surface area contributed by atoms with Gasteiger partial charge in [0.2, 0.25) is 0 Å². The summed E-state index contributed by atoms with van der Waals surface area (Å²) in [6, 6.07) is 47.8. The normalized spacial score (nSPS) is 9.96. The fraction of sp³-hybridized carbons (Fsp3) is 0.268. The molecule has 0 atom stereocenters. The van der Waals surface area contributed by atoms with E-state index in [0.717, 1.165) is 9.52 Å². The van der Waals surface area contributed by atoms with Crippen LogP contribution in [0, 0.1) is 6.07 Å². The van der Waals surface area contributed by atoms with Crippen molar-refractivity contribution in [3.8, 4) is 11.1 Å². The van der Waals surface area contributed by atoms with Crippen LogP contribution in [-0.4, -0.2) is 9.52 Å². The van der Waals surface area contributed by atoms with E-state index in [0.29, 0.717) is 5.92 Å². The Bertz CT molecular complexity index is 1490. The zero-order chi connectivity index (χ0) is 32.7. The van der Waals surface area contributed by atoms with Crippen LogP contribution in [0.1, 0.15) is 63.5 Å². The topological polar surface area (TPSA) is 0 Å². The van der Waals surface area contributed by atoms with Crippen LogP contribution < -0.4 is 0 Å². The summed E-state index contributed by atoms with van der Waals surface area (Å²) in [7, 11) is 11.0. The van der Waals surface area contributed by atoms with Gasteiger partial charge in [0.1, 0.15) is 0 Å². The van der Waals surface area contributed by atoms with Crippen molar-refractivity contribution in [2.45, 2.75) is 71.9 Å². The van der Waals surface area contributed by atoms with Gasteiger partial charge in [0.15, 0.2) is 0 Å². The summed E-state index contributed by atoms with van der Waals surface area (Å²) in [4.78, 5) is 0. The molecule has 0 nitrogen and oxygen atoms in total. The van der Waals surface area contributed by atoms with Gasteiger partial charge in [-0.15, -0.1) is 64.2 Å². The van der Waals surface area contributed by atoms with Crippen LogP contribution in [0.5, 0.6) is 0 Å². The zero-order valence-electron chi connectivity index (χ0n) is 27.5. The molecule has 0 spiro atoms. The van der Waals surface area contributed by atoms with Crippen molar-refractivity contribution < 1.29 is 20.8 Å². The molecule has 45 heavy (non-hydrogen) atoms. The fourth-order valence-electron chi connectivity index (χ4n) is 4.91. The summed E-state index contributed by atoms with van der Waals surface area (Å²) in [6.07, 6.45) is 6.53. The van der Waals surface area contributed by atoms with Crippen molar-refractivity contribution in [3.05, 3.63) is 145 Å². The van der Waals surface area contributed by atoms with Crippen LogP contribution >= 0.6 is 17.0 Å². The van der Waals surface area contributed by atoms with E-state index in [2.05, 4.69) is 137 Å². The minimum absolute atomic E-state index is 0.587. The molecule has 0 aliphatic heterocycles. The molecular formula is C41H47Cl2SiZr-3. The van der Waals surface area contributed by atoms with Crippen LogP contribution in [0.15, 0.2) is 127 Å². The van der Waals surface area contributed by atoms with Crippen LogP contribution in [0.3, 0.4) is 0 Å². The molecule has 0 aliphatic rings. The summed E-state index contributed by atoms with van der Waals surface area (Å²) in [6.45, 7) is 11.1. The molecule has 236 valence electrons. The molecule has 2 radical (unpaired) electrons. The Hall–Kier alpha value is -2.22. The van der Waals surface area contributed by atoms with Crippen LogP contribution in [0.4, 0.5) is 0 Å². The predicted octanol–water partition coefficient (Wildman–Crippen LogP) is 13.7. The van der Waals surface area contributed by atoms with E-state index in [1.54, 1.807) is 0 Å². The van der Waals surface area contributed by atoms with E-state index < -0.39 is 20.8 Å². The minimum Gasteiger partial charge on any atom is -0.184 e. The van der Waals surface area contributed by atoms with Crippen molar-refractivity contribution in [3.63, 3.8) is 0 Å². The molecule has 0 bridgehead atoms. The maximum Gasteiger partial charge on any atom is -0.0809 e. The maximum atomic E-state index is 4.93. The van der Waals surface area contributed by atoms with E-state index in [1.807, 2.05) is 30.3 Å². The van der Waals surface area contributed by atoms with Crippen molar-refractivity contribution in [1.29, 1.82) is 0 Å². The van der Waals surface area contributed by atoms with Crippen LogP contribution in [0.2, 0.25) is 13.1 Å². The molecule has 0 aliphatic carbocycles. The second-order valence-corrected chi connectivity index (χ2v) is 15.8. The Balaban J connectivity index is 0.000000271. The first kappa shape index (κ1) is 39.0. The molecule has 0 unspecified atom stereocenters. The summed E-state index contributed by atoms with van der Waals surface area (Å²) in [5, 5.41) is 5.45. The average Bonchev–Trinajstić information content (AvgIpc) is 3.72. The Morgan fingerprint density at radius 3 is 2.02 bits per heavy atom. The third-order valence-electron chi connectivity index (χ3n) is 7.17. The van der Waals surface area contributed by atoms with E-state index in [1.165, 1.54) is 75.9 Å². The summed E-state index contributed by atoms with van der Waals surface area (Å²) in [5.74, 6) is 0.587. The molecule has 0 amide bonds. The molecule has 0 heterocycles. The molecule has 0 aromatic heterocycles. The zero-order valence-corrected chi connectivity index (χ0v) is 32.5. The number of unbranched alkanes of at least 4 members (excludes halogenated alkanes) is 3. The molecule has 0 saturated heterocycles. The number of halogens is 2. The van der Waals surface area contributed by atoms with E-state index in [4.69, 9.17) is 17.0 Å². The Kier molecular flexibility index (Phi) is 20.8. The third-order valence-corrected chi connectivity index (χ3v) is 7.17. The van der Waals surface area contributed by atoms with Crippen LogP contribution in [-0.2, 0) is 27.3 Å². The largest absolute Gasteiger partial charge is 0.184 e. The van der Waals surface area contributed by atoms with Gasteiger partial charge in [-0.3, -0.25) is 0 Å². The van der Waals surface area contributed by atoms with Gasteiger partial charge >= 0.3 is 37.9 Å². The molecule has 0 saturated carbocycles. The molecule has 6 rings (SSSR count). The first-order valence-corrected chi connectivity index (χ1v) is 24.2. The predicted molar refractivity (Wildman–Crippen MR) is 201 cm³/mol. The van der Waals surface area contributed by atoms with Crippen molar-refractivity contribution in [2.75, 3.05) is 0 Å². The first-order valence-electron chi connectivity index (χ1n) is 15.8. The Morgan fingerprint density at radius 1 is 0.778 bits per heavy atom. The van der Waals surface area contributed by atoms with Crippen molar-refractivity contribution in [2.24, 2.45) is 0 Å². The third kappa shape index (κ3) is 14.8. The molecule has 6 aromatic rings. The number of rotatable bonds is 7. The van der Waals surface area contributed by atoms with Gasteiger partial charge < -0.3 is 0 Å². The van der Waals surface area contributed by atoms with Gasteiger partial charge in [0.25, 0.3) is 0 Å². The molecule has 0 N–H and O–H groups in total. The van der Waals surface area contributed by atoms with E-state index >= 15 is 0 Å². The minimum atomic E-state index is -0.826. The molecule has 0 fully saturated rings. The van der Waals surface area contributed by atoms with Crippen molar-refractivity contribution in [1.82, 2.24) is 0 Å². The quantitative estimate of drug-likeness (QED) is 0.0872. The second kappa shape index (κ2) is 24.0. The molecular weight excluding hydrogens is 683 g/mol. The van der Waals surface area contributed by atoms with E-state index in [9.17, 15) is 0 Å². The number of fused-ring (bicyclic) bond motifs is 2. The Morgan fingerprint density at radius 2 is 1.44 bits per heavy atom. The standard InChI is InChI=1S/C24H29.C9H7.C6H5.C2H6Si.2ClH.Zr/c1-4-5-6-7-9-19-16-22-10-8-11-23(24(22)17-19)21-14-12-20(13-15-21)18(2)3;1-2-5-9-7-3-6-8(9)4-1;1-2-4-6-5-3-1;1-3-2;;;/h8,10-18H,4-7,9H2,1-3H3;1-7H;1-5H;1-2H3;2*1H;/q3*-1;;;;+2/p-2. The molecule has 6 aromatic carbocycles. The molecule has 4 heteroatoms.